The maximum Gasteiger partial charge on any atom is 0.229 e. The van der Waals surface area contributed by atoms with Crippen molar-refractivity contribution in [3.8, 4) is 0 Å². The molecule has 0 saturated carbocycles. The molecule has 5 heteroatoms. The highest BCUT2D eigenvalue weighted by molar-refractivity contribution is 6.02. The van der Waals surface area contributed by atoms with Crippen molar-refractivity contribution >= 4 is 11.8 Å². The Bertz CT molecular complexity index is 696. The Morgan fingerprint density at radius 1 is 1.04 bits per heavy atom. The number of hydrogen-bond donors (Lipinski definition) is 0. The second-order valence-electron chi connectivity index (χ2n) is 8.92. The number of hydrogen-bond acceptors (Lipinski definition) is 4. The van der Waals surface area contributed by atoms with Gasteiger partial charge in [-0.25, -0.2) is 0 Å². The summed E-state index contributed by atoms with van der Waals surface area (Å²) in [6.45, 7) is 10.8. The molecule has 2 heterocycles. The van der Waals surface area contributed by atoms with Gasteiger partial charge in [0.25, 0.3) is 0 Å². The van der Waals surface area contributed by atoms with Gasteiger partial charge in [0, 0.05) is 30.0 Å². The van der Waals surface area contributed by atoms with E-state index < -0.39 is 0 Å². The Labute approximate surface area is 169 Å². The van der Waals surface area contributed by atoms with Crippen molar-refractivity contribution in [3.63, 3.8) is 0 Å². The normalized spacial score (nSPS) is 25.9. The molecule has 2 atom stereocenters. The summed E-state index contributed by atoms with van der Waals surface area (Å²) in [5.74, 6) is -0.0298. The first-order valence-corrected chi connectivity index (χ1v) is 10.6. The van der Waals surface area contributed by atoms with Crippen LogP contribution in [0.1, 0.15) is 84.8 Å². The van der Waals surface area contributed by atoms with Crippen LogP contribution >= 0.6 is 0 Å². The van der Waals surface area contributed by atoms with Crippen molar-refractivity contribution in [2.45, 2.75) is 96.4 Å². The second kappa shape index (κ2) is 7.96. The molecule has 1 aromatic rings. The monoisotopic (exact) mass is 386 g/mol. The van der Waals surface area contributed by atoms with Gasteiger partial charge < -0.3 is 0 Å². The second-order valence-corrected chi connectivity index (χ2v) is 8.92. The van der Waals surface area contributed by atoms with Crippen molar-refractivity contribution in [2.75, 3.05) is 0 Å². The smallest absolute Gasteiger partial charge is 0.229 e. The number of piperidine rings is 1. The number of nitrogens with zero attached hydrogens (tertiary/aromatic N) is 2. The van der Waals surface area contributed by atoms with Crippen LogP contribution in [0.4, 0.5) is 0 Å². The minimum atomic E-state index is -0.291. The molecule has 0 aliphatic carbocycles. The van der Waals surface area contributed by atoms with Crippen molar-refractivity contribution in [3.05, 3.63) is 35.9 Å². The molecule has 2 unspecified atom stereocenters. The predicted molar refractivity (Wildman–Crippen MR) is 109 cm³/mol. The van der Waals surface area contributed by atoms with E-state index in [4.69, 9.17) is 4.84 Å². The van der Waals surface area contributed by atoms with Gasteiger partial charge in [-0.3, -0.25) is 19.3 Å². The number of rotatable bonds is 6. The van der Waals surface area contributed by atoms with Crippen LogP contribution in [-0.2, 0) is 14.4 Å². The van der Waals surface area contributed by atoms with E-state index in [9.17, 15) is 9.59 Å². The molecule has 0 bridgehead atoms. The standard InChI is InChI=1S/C23H34N2O3/c1-6-23(7-2)16-19(24-20(26)13-14-21(24)27)15-22(4,5)25(23)28-17(3)18-11-9-8-10-12-18/h8-12,17,19H,6-7,13-16H2,1-5H3. The van der Waals surface area contributed by atoms with Crippen LogP contribution in [-0.4, -0.2) is 38.9 Å². The third kappa shape index (κ3) is 3.74. The van der Waals surface area contributed by atoms with Crippen LogP contribution in [0.5, 0.6) is 0 Å². The number of hydroxylamine groups is 2. The topological polar surface area (TPSA) is 49.9 Å². The predicted octanol–water partition coefficient (Wildman–Crippen LogP) is 4.63. The Morgan fingerprint density at radius 2 is 1.61 bits per heavy atom. The molecule has 2 fully saturated rings. The molecule has 2 saturated heterocycles. The summed E-state index contributed by atoms with van der Waals surface area (Å²) in [6.07, 6.45) is 3.95. The Hall–Kier alpha value is -1.72. The summed E-state index contributed by atoms with van der Waals surface area (Å²) in [5.41, 5.74) is 0.645. The average molecular weight is 387 g/mol. The third-order valence-electron chi connectivity index (χ3n) is 6.64. The maximum atomic E-state index is 12.4. The Balaban J connectivity index is 1.89. The molecule has 0 spiro atoms. The largest absolute Gasteiger partial charge is 0.290 e. The minimum Gasteiger partial charge on any atom is -0.290 e. The first-order chi connectivity index (χ1) is 13.2. The number of carbonyl (C=O) groups is 2. The van der Waals surface area contributed by atoms with Gasteiger partial charge in [-0.05, 0) is 52.0 Å². The fourth-order valence-corrected chi connectivity index (χ4v) is 5.10. The van der Waals surface area contributed by atoms with Gasteiger partial charge in [0.1, 0.15) is 6.10 Å². The van der Waals surface area contributed by atoms with Gasteiger partial charge in [0.15, 0.2) is 0 Å². The molecule has 2 aliphatic rings. The van der Waals surface area contributed by atoms with Gasteiger partial charge in [-0.2, -0.15) is 5.06 Å². The van der Waals surface area contributed by atoms with Crippen molar-refractivity contribution in [1.82, 2.24) is 9.96 Å². The van der Waals surface area contributed by atoms with E-state index in [0.29, 0.717) is 12.8 Å². The summed E-state index contributed by atoms with van der Waals surface area (Å²) in [4.78, 5) is 32.9. The molecule has 2 aliphatic heterocycles. The van der Waals surface area contributed by atoms with Crippen LogP contribution in [0.25, 0.3) is 0 Å². The van der Waals surface area contributed by atoms with Crippen LogP contribution in [0, 0.1) is 0 Å². The van der Waals surface area contributed by atoms with E-state index in [-0.39, 0.29) is 35.0 Å². The van der Waals surface area contributed by atoms with E-state index in [2.05, 4.69) is 51.8 Å². The lowest BCUT2D eigenvalue weighted by molar-refractivity contribution is -0.318. The SMILES string of the molecule is CCC1(CC)CC(N2C(=O)CCC2=O)CC(C)(C)N1OC(C)c1ccccc1. The number of benzene rings is 1. The van der Waals surface area contributed by atoms with Gasteiger partial charge in [0.05, 0.1) is 0 Å². The van der Waals surface area contributed by atoms with Crippen molar-refractivity contribution in [2.24, 2.45) is 0 Å². The lowest BCUT2D eigenvalue weighted by Crippen LogP contribution is -2.66. The first kappa shape index (κ1) is 21.0. The van der Waals surface area contributed by atoms with E-state index in [1.807, 2.05) is 18.2 Å². The molecule has 2 amide bonds. The van der Waals surface area contributed by atoms with Gasteiger partial charge >= 0.3 is 0 Å². The molecule has 0 aromatic heterocycles. The molecule has 1 aromatic carbocycles. The lowest BCUT2D eigenvalue weighted by Gasteiger charge is -2.57. The third-order valence-corrected chi connectivity index (χ3v) is 6.64. The fraction of sp³-hybridized carbons (Fsp3) is 0.652. The summed E-state index contributed by atoms with van der Waals surface area (Å²) in [6, 6.07) is 10.2. The molecule has 154 valence electrons. The molecule has 5 nitrogen and oxygen atoms in total. The highest BCUT2D eigenvalue weighted by Crippen LogP contribution is 2.46. The molecular formula is C23H34N2O3. The summed E-state index contributed by atoms with van der Waals surface area (Å²) in [5, 5.41) is 2.19. The summed E-state index contributed by atoms with van der Waals surface area (Å²) in [7, 11) is 0. The lowest BCUT2D eigenvalue weighted by atomic mass is 9.73. The first-order valence-electron chi connectivity index (χ1n) is 10.6. The van der Waals surface area contributed by atoms with Crippen LogP contribution < -0.4 is 0 Å². The van der Waals surface area contributed by atoms with Gasteiger partial charge in [-0.15, -0.1) is 0 Å². The maximum absolute atomic E-state index is 12.4. The minimum absolute atomic E-state index is 0.0149. The molecule has 0 N–H and O–H groups in total. The molecular weight excluding hydrogens is 352 g/mol. The number of carbonyl (C=O) groups excluding carboxylic acids is 2. The molecule has 3 rings (SSSR count). The van der Waals surface area contributed by atoms with Crippen LogP contribution in [0.2, 0.25) is 0 Å². The molecule has 0 radical (unpaired) electrons. The highest BCUT2D eigenvalue weighted by Gasteiger charge is 2.53. The van der Waals surface area contributed by atoms with Crippen LogP contribution in [0.3, 0.4) is 0 Å². The van der Waals surface area contributed by atoms with E-state index in [1.54, 1.807) is 4.90 Å². The number of imide groups is 1. The van der Waals surface area contributed by atoms with Crippen molar-refractivity contribution < 1.29 is 14.4 Å². The van der Waals surface area contributed by atoms with E-state index in [0.717, 1.165) is 31.2 Å². The van der Waals surface area contributed by atoms with E-state index >= 15 is 0 Å². The van der Waals surface area contributed by atoms with Gasteiger partial charge in [-0.1, -0.05) is 44.2 Å². The zero-order valence-electron chi connectivity index (χ0n) is 17.9. The molecule has 28 heavy (non-hydrogen) atoms. The fourth-order valence-electron chi connectivity index (χ4n) is 5.10. The van der Waals surface area contributed by atoms with Crippen LogP contribution in [0.15, 0.2) is 30.3 Å². The number of amides is 2. The van der Waals surface area contributed by atoms with E-state index in [1.165, 1.54) is 0 Å². The summed E-state index contributed by atoms with van der Waals surface area (Å²) >= 11 is 0. The average Bonchev–Trinajstić information content (AvgIpc) is 3.02. The zero-order valence-corrected chi connectivity index (χ0v) is 17.9. The Morgan fingerprint density at radius 3 is 2.14 bits per heavy atom. The van der Waals surface area contributed by atoms with Crippen molar-refractivity contribution in [1.29, 1.82) is 0 Å². The summed E-state index contributed by atoms with van der Waals surface area (Å²) < 4.78 is 0. The highest BCUT2D eigenvalue weighted by atomic mass is 16.7. The number of likely N-dealkylation sites (tertiary alicyclic amines) is 1. The Kier molecular flexibility index (Phi) is 5.97. The van der Waals surface area contributed by atoms with Gasteiger partial charge in [0.2, 0.25) is 11.8 Å². The quantitative estimate of drug-likeness (QED) is 0.669. The zero-order chi connectivity index (χ0) is 20.5.